The Morgan fingerprint density at radius 3 is 2.41 bits per heavy atom. The SMILES string of the molecule is Cc1ccc(CN2CCCN(c3cccc(NS(=O)(=O)c4ccc(F)cc4)c3)C2=O)cc1. The van der Waals surface area contributed by atoms with Crippen molar-refractivity contribution in [3.05, 3.63) is 89.7 Å². The van der Waals surface area contributed by atoms with Gasteiger partial charge in [0.05, 0.1) is 10.6 Å². The first-order valence-corrected chi connectivity index (χ1v) is 11.8. The fourth-order valence-electron chi connectivity index (χ4n) is 3.65. The highest BCUT2D eigenvalue weighted by molar-refractivity contribution is 7.92. The van der Waals surface area contributed by atoms with E-state index in [0.717, 1.165) is 24.1 Å². The van der Waals surface area contributed by atoms with Gasteiger partial charge in [-0.3, -0.25) is 9.62 Å². The zero-order chi connectivity index (χ0) is 22.7. The molecule has 2 amide bonds. The van der Waals surface area contributed by atoms with Crippen LogP contribution in [0.3, 0.4) is 0 Å². The molecule has 1 N–H and O–H groups in total. The van der Waals surface area contributed by atoms with E-state index in [4.69, 9.17) is 0 Å². The lowest BCUT2D eigenvalue weighted by Crippen LogP contribution is -2.49. The van der Waals surface area contributed by atoms with E-state index in [1.807, 2.05) is 31.2 Å². The Morgan fingerprint density at radius 2 is 1.69 bits per heavy atom. The van der Waals surface area contributed by atoms with Gasteiger partial charge in [0.25, 0.3) is 10.0 Å². The number of hydrogen-bond acceptors (Lipinski definition) is 3. The molecule has 4 rings (SSSR count). The number of urea groups is 1. The first kappa shape index (κ1) is 21.8. The molecule has 0 aliphatic carbocycles. The fraction of sp³-hybridized carbons (Fsp3) is 0.208. The van der Waals surface area contributed by atoms with Crippen LogP contribution >= 0.6 is 0 Å². The van der Waals surface area contributed by atoms with Crippen molar-refractivity contribution >= 4 is 27.4 Å². The number of anilines is 2. The second-order valence-corrected chi connectivity index (χ2v) is 9.49. The smallest absolute Gasteiger partial charge is 0.320 e. The van der Waals surface area contributed by atoms with E-state index < -0.39 is 15.8 Å². The van der Waals surface area contributed by atoms with Crippen molar-refractivity contribution in [2.75, 3.05) is 22.7 Å². The van der Waals surface area contributed by atoms with Crippen molar-refractivity contribution in [1.82, 2.24) is 4.90 Å². The molecule has 0 saturated carbocycles. The summed E-state index contributed by atoms with van der Waals surface area (Å²) in [5, 5.41) is 0. The van der Waals surface area contributed by atoms with Crippen LogP contribution in [0.1, 0.15) is 17.5 Å². The molecule has 166 valence electrons. The largest absolute Gasteiger partial charge is 0.324 e. The normalized spacial score (nSPS) is 14.5. The van der Waals surface area contributed by atoms with E-state index in [2.05, 4.69) is 4.72 Å². The van der Waals surface area contributed by atoms with Crippen LogP contribution in [0.5, 0.6) is 0 Å². The van der Waals surface area contributed by atoms with Gasteiger partial charge in [-0.05, 0) is 61.4 Å². The number of rotatable bonds is 6. The quantitative estimate of drug-likeness (QED) is 0.585. The Labute approximate surface area is 187 Å². The van der Waals surface area contributed by atoms with Crippen molar-refractivity contribution in [2.45, 2.75) is 24.8 Å². The minimum Gasteiger partial charge on any atom is -0.320 e. The third-order valence-corrected chi connectivity index (χ3v) is 6.74. The molecule has 0 bridgehead atoms. The monoisotopic (exact) mass is 453 g/mol. The van der Waals surface area contributed by atoms with Crippen LogP contribution in [-0.4, -0.2) is 32.4 Å². The minimum absolute atomic E-state index is 0.0392. The summed E-state index contributed by atoms with van der Waals surface area (Å²) >= 11 is 0. The Balaban J connectivity index is 1.51. The first-order valence-electron chi connectivity index (χ1n) is 10.3. The summed E-state index contributed by atoms with van der Waals surface area (Å²) in [5.74, 6) is -0.509. The lowest BCUT2D eigenvalue weighted by Gasteiger charge is -2.36. The maximum absolute atomic E-state index is 13.1. The van der Waals surface area contributed by atoms with Crippen molar-refractivity contribution in [3.63, 3.8) is 0 Å². The molecule has 0 radical (unpaired) electrons. The Bertz CT molecular complexity index is 1210. The summed E-state index contributed by atoms with van der Waals surface area (Å²) < 4.78 is 40.9. The first-order chi connectivity index (χ1) is 15.3. The summed E-state index contributed by atoms with van der Waals surface area (Å²) in [5.41, 5.74) is 3.17. The minimum atomic E-state index is -3.88. The van der Waals surface area contributed by atoms with Gasteiger partial charge in [-0.25, -0.2) is 17.6 Å². The highest BCUT2D eigenvalue weighted by Gasteiger charge is 2.27. The standard InChI is InChI=1S/C24H24FN3O3S/c1-18-6-8-19(9-7-18)17-27-14-3-15-28(24(27)29)22-5-2-4-21(16-22)26-32(30,31)23-12-10-20(25)11-13-23/h2,4-13,16,26H,3,14-15,17H2,1H3. The van der Waals surface area contributed by atoms with Crippen LogP contribution in [0.4, 0.5) is 20.6 Å². The number of nitrogens with one attached hydrogen (secondary N) is 1. The van der Waals surface area contributed by atoms with Gasteiger partial charge in [-0.1, -0.05) is 35.9 Å². The van der Waals surface area contributed by atoms with E-state index in [1.54, 1.807) is 34.1 Å². The number of amides is 2. The van der Waals surface area contributed by atoms with Crippen molar-refractivity contribution in [1.29, 1.82) is 0 Å². The molecular weight excluding hydrogens is 429 g/mol. The van der Waals surface area contributed by atoms with Crippen LogP contribution in [0, 0.1) is 12.7 Å². The highest BCUT2D eigenvalue weighted by Crippen LogP contribution is 2.26. The number of carbonyl (C=O) groups is 1. The van der Waals surface area contributed by atoms with Crippen LogP contribution in [0.2, 0.25) is 0 Å². The summed E-state index contributed by atoms with van der Waals surface area (Å²) in [6.07, 6.45) is 0.809. The second-order valence-electron chi connectivity index (χ2n) is 7.80. The molecular formula is C24H24FN3O3S. The number of benzene rings is 3. The van der Waals surface area contributed by atoms with Gasteiger partial charge in [0.2, 0.25) is 0 Å². The zero-order valence-corrected chi connectivity index (χ0v) is 18.5. The molecule has 1 fully saturated rings. The molecule has 3 aromatic rings. The van der Waals surface area contributed by atoms with Crippen LogP contribution in [-0.2, 0) is 16.6 Å². The molecule has 1 aliphatic heterocycles. The molecule has 0 unspecified atom stereocenters. The number of nitrogens with zero attached hydrogens (tertiary/aromatic N) is 2. The number of carbonyl (C=O) groups excluding carboxylic acids is 1. The van der Waals surface area contributed by atoms with Gasteiger partial charge in [0.15, 0.2) is 0 Å². The van der Waals surface area contributed by atoms with Gasteiger partial charge < -0.3 is 4.90 Å². The molecule has 0 atom stereocenters. The number of halogens is 1. The number of aryl methyl sites for hydroxylation is 1. The number of hydrogen-bond donors (Lipinski definition) is 1. The molecule has 1 heterocycles. The van der Waals surface area contributed by atoms with E-state index in [9.17, 15) is 17.6 Å². The Kier molecular flexibility index (Phi) is 6.14. The predicted octanol–water partition coefficient (Wildman–Crippen LogP) is 4.77. The Morgan fingerprint density at radius 1 is 0.969 bits per heavy atom. The fourth-order valence-corrected chi connectivity index (χ4v) is 4.70. The molecule has 3 aromatic carbocycles. The van der Waals surface area contributed by atoms with Crippen molar-refractivity contribution < 1.29 is 17.6 Å². The molecule has 8 heteroatoms. The third kappa shape index (κ3) is 4.91. The molecule has 32 heavy (non-hydrogen) atoms. The van der Waals surface area contributed by atoms with Gasteiger partial charge in [0.1, 0.15) is 5.82 Å². The van der Waals surface area contributed by atoms with Crippen LogP contribution < -0.4 is 9.62 Å². The topological polar surface area (TPSA) is 69.7 Å². The van der Waals surface area contributed by atoms with E-state index in [-0.39, 0.29) is 10.9 Å². The highest BCUT2D eigenvalue weighted by atomic mass is 32.2. The molecule has 0 aromatic heterocycles. The second kappa shape index (κ2) is 9.00. The van der Waals surface area contributed by atoms with Crippen LogP contribution in [0.25, 0.3) is 0 Å². The van der Waals surface area contributed by atoms with Gasteiger partial charge >= 0.3 is 6.03 Å². The van der Waals surface area contributed by atoms with E-state index in [0.29, 0.717) is 31.0 Å². The predicted molar refractivity (Wildman–Crippen MR) is 123 cm³/mol. The van der Waals surface area contributed by atoms with E-state index >= 15 is 0 Å². The summed E-state index contributed by atoms with van der Waals surface area (Å²) in [6, 6.07) is 19.3. The van der Waals surface area contributed by atoms with Crippen molar-refractivity contribution in [3.8, 4) is 0 Å². The molecule has 1 saturated heterocycles. The van der Waals surface area contributed by atoms with Gasteiger partial charge in [-0.2, -0.15) is 0 Å². The average Bonchev–Trinajstić information content (AvgIpc) is 2.77. The molecule has 1 aliphatic rings. The maximum atomic E-state index is 13.1. The molecule has 0 spiro atoms. The Hall–Kier alpha value is -3.39. The molecule has 6 nitrogen and oxygen atoms in total. The zero-order valence-electron chi connectivity index (χ0n) is 17.7. The summed E-state index contributed by atoms with van der Waals surface area (Å²) in [4.78, 5) is 16.5. The summed E-state index contributed by atoms with van der Waals surface area (Å²) in [6.45, 7) is 3.76. The third-order valence-electron chi connectivity index (χ3n) is 5.34. The lowest BCUT2D eigenvalue weighted by molar-refractivity contribution is 0.192. The lowest BCUT2D eigenvalue weighted by atomic mass is 10.1. The number of sulfonamides is 1. The maximum Gasteiger partial charge on any atom is 0.324 e. The van der Waals surface area contributed by atoms with Gasteiger partial charge in [0, 0.05) is 25.3 Å². The van der Waals surface area contributed by atoms with Crippen molar-refractivity contribution in [2.24, 2.45) is 0 Å². The van der Waals surface area contributed by atoms with Gasteiger partial charge in [-0.15, -0.1) is 0 Å². The van der Waals surface area contributed by atoms with E-state index in [1.165, 1.54) is 17.7 Å². The average molecular weight is 454 g/mol. The summed E-state index contributed by atoms with van der Waals surface area (Å²) in [7, 11) is -3.88. The van der Waals surface area contributed by atoms with Crippen LogP contribution in [0.15, 0.2) is 77.7 Å².